The van der Waals surface area contributed by atoms with Gasteiger partial charge in [0.25, 0.3) is 11.8 Å². The molecule has 3 aromatic heterocycles. The van der Waals surface area contributed by atoms with E-state index >= 15 is 0 Å². The van der Waals surface area contributed by atoms with E-state index in [1.807, 2.05) is 17.5 Å². The molecule has 0 fully saturated rings. The predicted octanol–water partition coefficient (Wildman–Crippen LogP) is 2.78. The monoisotopic (exact) mass is 504 g/mol. The number of nitrogens with zero attached hydrogens (tertiary/aromatic N) is 4. The number of alkyl halides is 3. The van der Waals surface area contributed by atoms with Gasteiger partial charge >= 0.3 is 6.18 Å². The lowest BCUT2D eigenvalue weighted by molar-refractivity contribution is -0.206. The molecule has 2 amide bonds. The first-order chi connectivity index (χ1) is 16.6. The Morgan fingerprint density at radius 3 is 2.86 bits per heavy atom. The number of carbonyl (C=O) groups excluding carboxylic acids is 2. The van der Waals surface area contributed by atoms with Gasteiger partial charge in [-0.05, 0) is 17.5 Å². The smallest absolute Gasteiger partial charge is 0.379 e. The fourth-order valence-electron chi connectivity index (χ4n) is 4.19. The van der Waals surface area contributed by atoms with E-state index in [0.29, 0.717) is 23.4 Å². The summed E-state index contributed by atoms with van der Waals surface area (Å²) in [7, 11) is 1.48. The molecule has 3 N–H and O–H groups in total. The molecule has 0 bridgehead atoms. The van der Waals surface area contributed by atoms with Crippen LogP contribution in [-0.4, -0.2) is 55.9 Å². The molecule has 0 aliphatic carbocycles. The summed E-state index contributed by atoms with van der Waals surface area (Å²) in [5.74, 6) is -0.830. The Hall–Kier alpha value is -3.71. The number of hydrogen-bond acceptors (Lipinski definition) is 6. The number of anilines is 1. The Balaban J connectivity index is 1.43. The van der Waals surface area contributed by atoms with Crippen molar-refractivity contribution in [1.82, 2.24) is 25.1 Å². The van der Waals surface area contributed by atoms with Crippen LogP contribution in [0.1, 0.15) is 33.0 Å². The van der Waals surface area contributed by atoms with Gasteiger partial charge in [-0.25, -0.2) is 4.98 Å². The third kappa shape index (κ3) is 4.17. The number of H-pyrrole nitrogens is 1. The first-order valence-corrected chi connectivity index (χ1v) is 11.4. The van der Waals surface area contributed by atoms with Gasteiger partial charge < -0.3 is 19.9 Å². The van der Waals surface area contributed by atoms with Crippen LogP contribution in [0.25, 0.3) is 10.9 Å². The van der Waals surface area contributed by atoms with Crippen LogP contribution in [0.4, 0.5) is 18.9 Å². The average molecular weight is 504 g/mol. The zero-order chi connectivity index (χ0) is 24.9. The minimum Gasteiger partial charge on any atom is -0.379 e. The highest BCUT2D eigenvalue weighted by Gasteiger charge is 2.42. The van der Waals surface area contributed by atoms with Crippen molar-refractivity contribution >= 4 is 39.7 Å². The van der Waals surface area contributed by atoms with Crippen molar-refractivity contribution in [2.24, 2.45) is 0 Å². The fourth-order valence-corrected chi connectivity index (χ4v) is 4.90. The second-order valence-corrected chi connectivity index (χ2v) is 9.17. The largest absolute Gasteiger partial charge is 0.418 e. The van der Waals surface area contributed by atoms with Gasteiger partial charge in [-0.2, -0.15) is 13.2 Å². The second kappa shape index (κ2) is 8.50. The summed E-state index contributed by atoms with van der Waals surface area (Å²) in [6.45, 7) is -0.139. The first kappa shape index (κ1) is 23.1. The van der Waals surface area contributed by atoms with Crippen molar-refractivity contribution < 1.29 is 27.9 Å². The number of amides is 2. The molecule has 4 aromatic rings. The van der Waals surface area contributed by atoms with Crippen LogP contribution >= 0.6 is 11.3 Å². The van der Waals surface area contributed by atoms with Crippen LogP contribution in [-0.2, 0) is 17.8 Å². The maximum atomic E-state index is 13.3. The Kier molecular flexibility index (Phi) is 5.60. The molecule has 9 nitrogen and oxygen atoms in total. The molecule has 13 heteroatoms. The molecule has 182 valence electrons. The molecule has 0 saturated heterocycles. The van der Waals surface area contributed by atoms with Gasteiger partial charge in [0.2, 0.25) is 5.82 Å². The first-order valence-electron chi connectivity index (χ1n) is 10.5. The molecule has 0 radical (unpaired) electrons. The number of aliphatic hydroxyl groups excluding tert-OH is 1. The van der Waals surface area contributed by atoms with Gasteiger partial charge in [0.1, 0.15) is 11.9 Å². The highest BCUT2D eigenvalue weighted by molar-refractivity contribution is 7.09. The van der Waals surface area contributed by atoms with E-state index in [1.165, 1.54) is 46.2 Å². The number of carbonyl (C=O) groups is 2. The molecule has 35 heavy (non-hydrogen) atoms. The minimum absolute atomic E-state index is 0.139. The molecular formula is C22H19F3N6O3S. The quantitative estimate of drug-likeness (QED) is 0.387. The van der Waals surface area contributed by atoms with E-state index in [4.69, 9.17) is 0 Å². The number of aromatic nitrogens is 4. The topological polar surface area (TPSA) is 116 Å². The number of likely N-dealkylation sites (N-methyl/N-ethyl adjacent to an activating group) is 1. The molecule has 5 rings (SSSR count). The standard InChI is InChI=1S/C22H19F3N6O3S/c1-30-15-6-2-5-12-13(18(32)22(23,24)25)9-31(17(12)15)10-14(21(30)34)26-20(33)19-27-16(28-29-19)8-11-4-3-7-35-11/h2-7,9,14,18,32H,8,10H2,1H3,(H,26,33)(H,27,28,29)/t14-,18?/m0/s1. The number of aromatic amines is 1. The molecule has 0 saturated carbocycles. The molecule has 2 atom stereocenters. The van der Waals surface area contributed by atoms with Crippen LogP contribution in [0.15, 0.2) is 41.9 Å². The number of rotatable bonds is 5. The van der Waals surface area contributed by atoms with Crippen molar-refractivity contribution in [3.8, 4) is 0 Å². The van der Waals surface area contributed by atoms with E-state index in [2.05, 4.69) is 20.5 Å². The lowest BCUT2D eigenvalue weighted by atomic mass is 10.1. The molecule has 0 spiro atoms. The van der Waals surface area contributed by atoms with Gasteiger partial charge in [0.15, 0.2) is 6.10 Å². The van der Waals surface area contributed by atoms with E-state index in [9.17, 15) is 27.9 Å². The summed E-state index contributed by atoms with van der Waals surface area (Å²) < 4.78 is 41.3. The Morgan fingerprint density at radius 2 is 2.14 bits per heavy atom. The molecule has 1 unspecified atom stereocenters. The van der Waals surface area contributed by atoms with Crippen molar-refractivity contribution in [2.45, 2.75) is 31.3 Å². The van der Waals surface area contributed by atoms with E-state index < -0.39 is 30.1 Å². The maximum Gasteiger partial charge on any atom is 0.418 e. The van der Waals surface area contributed by atoms with Crippen molar-refractivity contribution in [1.29, 1.82) is 0 Å². The second-order valence-electron chi connectivity index (χ2n) is 8.14. The number of thiophene rings is 1. The molecule has 1 aliphatic heterocycles. The number of aliphatic hydroxyl groups is 1. The SMILES string of the molecule is CN1C(=O)[C@@H](NC(=O)c2n[nH]c(Cc3cccs3)n2)Cn2cc(C(O)C(F)(F)F)c3cccc1c32. The third-order valence-corrected chi connectivity index (χ3v) is 6.72. The molecular weight excluding hydrogens is 485 g/mol. The van der Waals surface area contributed by atoms with Gasteiger partial charge in [-0.1, -0.05) is 18.2 Å². The zero-order valence-electron chi connectivity index (χ0n) is 18.2. The third-order valence-electron chi connectivity index (χ3n) is 5.84. The Bertz CT molecular complexity index is 1410. The number of para-hydroxylation sites is 1. The van der Waals surface area contributed by atoms with Gasteiger partial charge in [0, 0.05) is 35.5 Å². The summed E-state index contributed by atoms with van der Waals surface area (Å²) in [6.07, 6.45) is -5.92. The predicted molar refractivity (Wildman–Crippen MR) is 121 cm³/mol. The van der Waals surface area contributed by atoms with Crippen molar-refractivity contribution in [2.75, 3.05) is 11.9 Å². The maximum absolute atomic E-state index is 13.3. The Morgan fingerprint density at radius 1 is 1.34 bits per heavy atom. The summed E-state index contributed by atoms with van der Waals surface area (Å²) in [5.41, 5.74) is 0.393. The summed E-state index contributed by atoms with van der Waals surface area (Å²) in [4.78, 5) is 32.5. The number of halogens is 3. The highest BCUT2D eigenvalue weighted by atomic mass is 32.1. The van der Waals surface area contributed by atoms with Crippen LogP contribution < -0.4 is 10.2 Å². The van der Waals surface area contributed by atoms with E-state index in [-0.39, 0.29) is 23.3 Å². The number of nitrogens with one attached hydrogen (secondary N) is 2. The van der Waals surface area contributed by atoms with Gasteiger partial charge in [0.05, 0.1) is 17.7 Å². The summed E-state index contributed by atoms with van der Waals surface area (Å²) in [6, 6.07) is 7.28. The van der Waals surface area contributed by atoms with Crippen molar-refractivity contribution in [3.05, 3.63) is 64.0 Å². The Labute approximate surface area is 200 Å². The molecule has 1 aliphatic rings. The minimum atomic E-state index is -4.86. The van der Waals surface area contributed by atoms with Crippen molar-refractivity contribution in [3.63, 3.8) is 0 Å². The molecule has 1 aromatic carbocycles. The average Bonchev–Trinajstić information content (AvgIpc) is 3.56. The van der Waals surface area contributed by atoms with Crippen LogP contribution in [0.3, 0.4) is 0 Å². The van der Waals surface area contributed by atoms with E-state index in [0.717, 1.165) is 4.88 Å². The number of benzene rings is 1. The highest BCUT2D eigenvalue weighted by Crippen LogP contribution is 2.40. The fraction of sp³-hybridized carbons (Fsp3) is 0.273. The van der Waals surface area contributed by atoms with Gasteiger partial charge in [-0.3, -0.25) is 14.7 Å². The van der Waals surface area contributed by atoms with Crippen LogP contribution in [0.2, 0.25) is 0 Å². The summed E-state index contributed by atoms with van der Waals surface area (Å²) >= 11 is 1.53. The van der Waals surface area contributed by atoms with Gasteiger partial charge in [-0.15, -0.1) is 16.4 Å². The summed E-state index contributed by atoms with van der Waals surface area (Å²) in [5, 5.41) is 21.2. The number of hydrogen-bond donors (Lipinski definition) is 3. The normalized spacial score (nSPS) is 17.0. The lowest BCUT2D eigenvalue weighted by Gasteiger charge is -2.22. The zero-order valence-corrected chi connectivity index (χ0v) is 19.0. The lowest BCUT2D eigenvalue weighted by Crippen LogP contribution is -2.48. The van der Waals surface area contributed by atoms with Crippen LogP contribution in [0.5, 0.6) is 0 Å². The van der Waals surface area contributed by atoms with E-state index in [1.54, 1.807) is 6.07 Å². The molecule has 4 heterocycles. The van der Waals surface area contributed by atoms with Crippen LogP contribution in [0, 0.1) is 0 Å².